The second-order valence-electron chi connectivity index (χ2n) is 13.7. The highest BCUT2D eigenvalue weighted by atomic mass is 32.7. The summed E-state index contributed by atoms with van der Waals surface area (Å²) in [6, 6.07) is 7.03. The van der Waals surface area contributed by atoms with Gasteiger partial charge in [0, 0.05) is 23.6 Å². The van der Waals surface area contributed by atoms with E-state index in [-0.39, 0.29) is 48.1 Å². The zero-order valence-corrected chi connectivity index (χ0v) is 35.0. The average Bonchev–Trinajstić information content (AvgIpc) is 4.05. The molecule has 4 aromatic heterocycles. The number of aromatic nitrogens is 8. The van der Waals surface area contributed by atoms with Crippen LogP contribution < -0.4 is 16.2 Å². The second-order valence-corrected chi connectivity index (χ2v) is 19.1. The van der Waals surface area contributed by atoms with Crippen molar-refractivity contribution in [3.63, 3.8) is 0 Å². The summed E-state index contributed by atoms with van der Waals surface area (Å²) in [5.41, 5.74) is 21.9. The number of halogens is 1. The van der Waals surface area contributed by atoms with Crippen LogP contribution >= 0.6 is 26.0 Å². The van der Waals surface area contributed by atoms with Crippen LogP contribution in [0.25, 0.3) is 32.8 Å². The maximum Gasteiger partial charge on any atom is 0.472 e. The molecule has 0 aliphatic carbocycles. The minimum atomic E-state index is -5.03. The average molecular weight is 924 g/mol. The third-order valence-corrected chi connectivity index (χ3v) is 14.4. The quantitative estimate of drug-likeness (QED) is 0.0438. The van der Waals surface area contributed by atoms with Gasteiger partial charge in [-0.2, -0.15) is 0 Å². The van der Waals surface area contributed by atoms with Crippen molar-refractivity contribution in [2.45, 2.75) is 55.2 Å². The maximum atomic E-state index is 16.4. The lowest BCUT2D eigenvalue weighted by Crippen LogP contribution is -2.35. The van der Waals surface area contributed by atoms with E-state index >= 15 is 4.39 Å². The highest BCUT2D eigenvalue weighted by molar-refractivity contribution is 8.54. The summed E-state index contributed by atoms with van der Waals surface area (Å²) in [4.78, 5) is 38.3. The van der Waals surface area contributed by atoms with Crippen molar-refractivity contribution in [3.8, 4) is 5.75 Å². The Bertz CT molecular complexity index is 2490. The molecule has 3 aliphatic rings. The van der Waals surface area contributed by atoms with E-state index in [2.05, 4.69) is 39.9 Å². The third kappa shape index (κ3) is 10.1. The number of ether oxygens (including phenoxy) is 5. The fourth-order valence-corrected chi connectivity index (χ4v) is 11.1. The van der Waals surface area contributed by atoms with E-state index in [9.17, 15) is 14.0 Å². The Labute approximate surface area is 354 Å². The summed E-state index contributed by atoms with van der Waals surface area (Å²) in [5, 5.41) is 3.39. The summed E-state index contributed by atoms with van der Waals surface area (Å²) in [6.45, 7) is -3.65. The number of anilines is 2. The largest absolute Gasteiger partial charge is 0.491 e. The first-order valence-corrected chi connectivity index (χ1v) is 23.6. The molecule has 0 spiro atoms. The molecule has 8 rings (SSSR count). The van der Waals surface area contributed by atoms with Crippen LogP contribution in [-0.4, -0.2) is 127 Å². The summed E-state index contributed by atoms with van der Waals surface area (Å²) < 4.78 is 99.6. The number of nitrogens with two attached hydrogens (primary N) is 2. The van der Waals surface area contributed by atoms with Gasteiger partial charge in [0.15, 0.2) is 35.3 Å². The molecule has 1 unspecified atom stereocenters. The first-order chi connectivity index (χ1) is 30.0. The molecule has 0 saturated carbocycles. The topological polar surface area (TPSA) is 325 Å². The van der Waals surface area contributed by atoms with Gasteiger partial charge in [-0.3, -0.25) is 27.2 Å². The van der Waals surface area contributed by atoms with Crippen molar-refractivity contribution in [1.29, 1.82) is 0 Å². The predicted octanol–water partition coefficient (Wildman–Crippen LogP) is 4.04. The Morgan fingerprint density at radius 2 is 1.52 bits per heavy atom. The lowest BCUT2D eigenvalue weighted by atomic mass is 10.1. The zero-order chi connectivity index (χ0) is 43.3. The number of hydrogen-bond donors (Lipinski definition) is 3. The van der Waals surface area contributed by atoms with Crippen LogP contribution in [0.15, 0.2) is 54.7 Å². The molecule has 0 bridgehead atoms. The summed E-state index contributed by atoms with van der Waals surface area (Å²) >= 11 is 0.855. The second kappa shape index (κ2) is 19.4. The fraction of sp³-hybridized carbons (Fsp3) is 0.515. The maximum absolute atomic E-state index is 16.4. The number of imidazole rings is 2. The van der Waals surface area contributed by atoms with Crippen molar-refractivity contribution in [1.82, 2.24) is 39.0 Å². The molecule has 332 valence electrons. The van der Waals surface area contributed by atoms with Crippen molar-refractivity contribution >= 4 is 60.0 Å². The van der Waals surface area contributed by atoms with Crippen molar-refractivity contribution in [2.75, 3.05) is 64.3 Å². The van der Waals surface area contributed by atoms with Gasteiger partial charge in [0.25, 0.3) is 0 Å². The van der Waals surface area contributed by atoms with E-state index in [1.54, 1.807) is 28.8 Å². The normalized spacial score (nSPS) is 29.1. The van der Waals surface area contributed by atoms with Gasteiger partial charge < -0.3 is 40.0 Å². The smallest absolute Gasteiger partial charge is 0.472 e. The first kappa shape index (κ1) is 44.0. The molecule has 3 saturated heterocycles. The van der Waals surface area contributed by atoms with Gasteiger partial charge in [0.05, 0.1) is 52.3 Å². The van der Waals surface area contributed by atoms with Crippen LogP contribution in [0, 0.1) is 0 Å². The molecule has 9 atom stereocenters. The first-order valence-electron chi connectivity index (χ1n) is 18.9. The zero-order valence-electron chi connectivity index (χ0n) is 32.4. The number of nitrogen functional groups attached to an aromatic ring is 2. The van der Waals surface area contributed by atoms with Gasteiger partial charge in [-0.1, -0.05) is 17.2 Å². The number of fused-ring (bicyclic) bond motifs is 4. The van der Waals surface area contributed by atoms with Gasteiger partial charge in [-0.25, -0.2) is 43.4 Å². The molecule has 62 heavy (non-hydrogen) atoms. The Morgan fingerprint density at radius 1 is 0.855 bits per heavy atom. The summed E-state index contributed by atoms with van der Waals surface area (Å²) in [6.07, 6.45) is -4.71. The van der Waals surface area contributed by atoms with Gasteiger partial charge in [-0.05, 0) is 34.6 Å². The van der Waals surface area contributed by atoms with E-state index in [1.807, 2.05) is 0 Å². The van der Waals surface area contributed by atoms with Gasteiger partial charge in [-0.15, -0.1) is 0 Å². The van der Waals surface area contributed by atoms with E-state index in [0.29, 0.717) is 43.3 Å². The predicted molar refractivity (Wildman–Crippen MR) is 215 cm³/mol. The van der Waals surface area contributed by atoms with Crippen LogP contribution in [0.2, 0.25) is 0 Å². The third-order valence-electron chi connectivity index (χ3n) is 9.70. The molecule has 0 radical (unpaired) electrons. The molecule has 3 aliphatic heterocycles. The van der Waals surface area contributed by atoms with Crippen molar-refractivity contribution < 1.29 is 60.2 Å². The van der Waals surface area contributed by atoms with E-state index < -0.39 is 70.9 Å². The monoisotopic (exact) mass is 923 g/mol. The van der Waals surface area contributed by atoms with Crippen LogP contribution in [-0.2, 0) is 51.9 Å². The number of alkyl halides is 1. The molecule has 0 amide bonds. The Kier molecular flexibility index (Phi) is 13.8. The molecule has 29 heteroatoms. The molecule has 25 nitrogen and oxygen atoms in total. The molecule has 5 aromatic rings. The molecule has 5 N–H and O–H groups in total. The number of phosphoric acid groups is 1. The minimum absolute atomic E-state index is 0.0317. The Balaban J connectivity index is 0.983. The van der Waals surface area contributed by atoms with Gasteiger partial charge in [0.1, 0.15) is 66.7 Å². The molecular formula is C33H40FN13O12P2S. The number of hydrogen-bond acceptors (Lipinski definition) is 21. The molecular weight excluding hydrogens is 883 g/mol. The van der Waals surface area contributed by atoms with E-state index in [0.717, 1.165) is 16.9 Å². The lowest BCUT2D eigenvalue weighted by molar-refractivity contribution is -0.0602. The van der Waals surface area contributed by atoms with Crippen molar-refractivity contribution in [2.24, 2.45) is 5.11 Å². The standard InChI is InChI=1S/C33H40FN13O12P2S/c34-25-28-23(57-33(25)47-18-43-27-30(36)39-16-41-32(27)47)13-55-61(50,62-14-19-1-3-20(4-2-19)53-10-9-52-8-7-51-6-5-44-45-37)58-21-11-24(56-22(21)12-54-60(48,49)59-28)46-17-42-26-29(35)38-15-40-31(26)46/h1-4,15-18,21-25,28,33H,5-14H2,(H,48,49)(H2,35,38,40)(H2,36,39,41)/t21-,22+,23+,24+,25+,28+,33+,61-/m0/s1. The van der Waals surface area contributed by atoms with Crippen LogP contribution in [0.1, 0.15) is 24.4 Å². The SMILES string of the molecule is [N-]=[N+]=NCCOCCOCCOc1ccc(CS[P@@]2(=O)OC[C@H]3O[C@@H](n4cnc5c(N)ncnc54)[C@H](F)[C@@H]3OP(=O)(O)OC[C@H]3O[C@@H](n4cnc5c(N)ncnc54)C[C@@H]3O2)cc1. The highest BCUT2D eigenvalue weighted by Gasteiger charge is 2.53. The number of azide groups is 1. The Morgan fingerprint density at radius 3 is 2.24 bits per heavy atom. The van der Waals surface area contributed by atoms with Crippen LogP contribution in [0.3, 0.4) is 0 Å². The fourth-order valence-electron chi connectivity index (χ4n) is 6.75. The number of phosphoric ester groups is 1. The van der Waals surface area contributed by atoms with Gasteiger partial charge in [0.2, 0.25) is 0 Å². The van der Waals surface area contributed by atoms with Crippen molar-refractivity contribution in [3.05, 3.63) is 65.6 Å². The number of nitrogens with zero attached hydrogens (tertiary/aromatic N) is 11. The van der Waals surface area contributed by atoms with Crippen LogP contribution in [0.4, 0.5) is 16.0 Å². The lowest BCUT2D eigenvalue weighted by Gasteiger charge is -2.28. The number of benzene rings is 1. The molecule has 3 fully saturated rings. The summed E-state index contributed by atoms with van der Waals surface area (Å²) in [7, 11) is -5.03. The Hall–Kier alpha value is -4.59. The molecule has 1 aromatic carbocycles. The number of rotatable bonds is 15. The van der Waals surface area contributed by atoms with Crippen LogP contribution in [0.5, 0.6) is 5.75 Å². The highest BCUT2D eigenvalue weighted by Crippen LogP contribution is 2.64. The van der Waals surface area contributed by atoms with Gasteiger partial charge >= 0.3 is 14.6 Å². The summed E-state index contributed by atoms with van der Waals surface area (Å²) in [5.74, 6) is 0.860. The van der Waals surface area contributed by atoms with E-state index in [4.69, 9.17) is 58.8 Å². The molecule has 7 heterocycles. The van der Waals surface area contributed by atoms with E-state index in [1.165, 1.54) is 29.9 Å². The minimum Gasteiger partial charge on any atom is -0.491 e.